The standard InChI is InChI=1S/C19H23NO3S/c1-13-7-14(2)9-15(8-13)11-24-12-19(21)20-17-6-5-16(22-3)10-18(17)23-4/h5-10H,11-12H2,1-4H3,(H,20,21). The summed E-state index contributed by atoms with van der Waals surface area (Å²) in [4.78, 5) is 12.1. The zero-order valence-corrected chi connectivity index (χ0v) is 15.3. The molecule has 2 aromatic rings. The minimum absolute atomic E-state index is 0.0483. The molecule has 0 aliphatic heterocycles. The molecule has 0 heterocycles. The molecule has 0 atom stereocenters. The molecule has 0 aliphatic carbocycles. The Kier molecular flexibility index (Phi) is 6.55. The van der Waals surface area contributed by atoms with E-state index < -0.39 is 0 Å². The number of hydrogen-bond acceptors (Lipinski definition) is 4. The highest BCUT2D eigenvalue weighted by molar-refractivity contribution is 7.99. The highest BCUT2D eigenvalue weighted by Crippen LogP contribution is 2.29. The number of hydrogen-bond donors (Lipinski definition) is 1. The average molecular weight is 345 g/mol. The summed E-state index contributed by atoms with van der Waals surface area (Å²) in [7, 11) is 3.16. The first kappa shape index (κ1) is 18.2. The van der Waals surface area contributed by atoms with Crippen LogP contribution in [0.2, 0.25) is 0 Å². The maximum absolute atomic E-state index is 12.1. The topological polar surface area (TPSA) is 47.6 Å². The van der Waals surface area contributed by atoms with Crippen molar-refractivity contribution in [2.75, 3.05) is 25.3 Å². The molecule has 0 saturated heterocycles. The Labute approximate surface area is 147 Å². The molecule has 0 unspecified atom stereocenters. The van der Waals surface area contributed by atoms with Gasteiger partial charge in [-0.05, 0) is 31.5 Å². The van der Waals surface area contributed by atoms with Crippen LogP contribution in [0.5, 0.6) is 11.5 Å². The minimum Gasteiger partial charge on any atom is -0.497 e. The van der Waals surface area contributed by atoms with Crippen molar-refractivity contribution in [3.8, 4) is 11.5 Å². The number of carbonyl (C=O) groups excluding carboxylic acids is 1. The van der Waals surface area contributed by atoms with Crippen molar-refractivity contribution in [3.63, 3.8) is 0 Å². The van der Waals surface area contributed by atoms with E-state index in [1.807, 2.05) is 0 Å². The number of benzene rings is 2. The van der Waals surface area contributed by atoms with Gasteiger partial charge in [-0.15, -0.1) is 11.8 Å². The van der Waals surface area contributed by atoms with E-state index >= 15 is 0 Å². The van der Waals surface area contributed by atoms with E-state index in [9.17, 15) is 4.79 Å². The summed E-state index contributed by atoms with van der Waals surface area (Å²) in [6, 6.07) is 11.8. The molecule has 1 N–H and O–H groups in total. The molecular formula is C19H23NO3S. The molecule has 4 nitrogen and oxygen atoms in total. The van der Waals surface area contributed by atoms with E-state index in [-0.39, 0.29) is 5.91 Å². The fourth-order valence-electron chi connectivity index (χ4n) is 2.50. The molecule has 24 heavy (non-hydrogen) atoms. The maximum Gasteiger partial charge on any atom is 0.234 e. The smallest absolute Gasteiger partial charge is 0.234 e. The number of methoxy groups -OCH3 is 2. The van der Waals surface area contributed by atoms with E-state index in [2.05, 4.69) is 37.4 Å². The predicted molar refractivity (Wildman–Crippen MR) is 100 cm³/mol. The van der Waals surface area contributed by atoms with Crippen molar-refractivity contribution in [3.05, 3.63) is 53.1 Å². The quantitative estimate of drug-likeness (QED) is 0.817. The summed E-state index contributed by atoms with van der Waals surface area (Å²) in [5.74, 6) is 2.43. The first-order chi connectivity index (χ1) is 11.5. The van der Waals surface area contributed by atoms with Crippen LogP contribution in [-0.2, 0) is 10.5 Å². The second-order valence-electron chi connectivity index (χ2n) is 5.60. The molecule has 2 rings (SSSR count). The number of ether oxygens (including phenoxy) is 2. The lowest BCUT2D eigenvalue weighted by molar-refractivity contribution is -0.113. The molecule has 0 aliphatic rings. The van der Waals surface area contributed by atoms with Crippen LogP contribution in [0.25, 0.3) is 0 Å². The summed E-state index contributed by atoms with van der Waals surface area (Å²) in [5.41, 5.74) is 4.39. The minimum atomic E-state index is -0.0483. The van der Waals surface area contributed by atoms with Gasteiger partial charge < -0.3 is 14.8 Å². The van der Waals surface area contributed by atoms with E-state index in [0.29, 0.717) is 22.9 Å². The Bertz CT molecular complexity index is 696. The van der Waals surface area contributed by atoms with Crippen LogP contribution in [0.1, 0.15) is 16.7 Å². The lowest BCUT2D eigenvalue weighted by Gasteiger charge is -2.11. The van der Waals surface area contributed by atoms with Gasteiger partial charge in [-0.1, -0.05) is 29.3 Å². The van der Waals surface area contributed by atoms with E-state index in [1.165, 1.54) is 16.7 Å². The third-order valence-electron chi connectivity index (χ3n) is 3.47. The Morgan fingerprint density at radius 1 is 1.04 bits per heavy atom. The van der Waals surface area contributed by atoms with Crippen molar-refractivity contribution in [2.45, 2.75) is 19.6 Å². The SMILES string of the molecule is COc1ccc(NC(=O)CSCc2cc(C)cc(C)c2)c(OC)c1. The summed E-state index contributed by atoms with van der Waals surface area (Å²) in [5, 5.41) is 2.88. The van der Waals surface area contributed by atoms with E-state index in [4.69, 9.17) is 9.47 Å². The number of carbonyl (C=O) groups is 1. The summed E-state index contributed by atoms with van der Waals surface area (Å²) < 4.78 is 10.4. The summed E-state index contributed by atoms with van der Waals surface area (Å²) >= 11 is 1.59. The molecule has 5 heteroatoms. The van der Waals surface area contributed by atoms with E-state index in [0.717, 1.165) is 5.75 Å². The number of thioether (sulfide) groups is 1. The number of rotatable bonds is 7. The lowest BCUT2D eigenvalue weighted by atomic mass is 10.1. The van der Waals surface area contributed by atoms with Gasteiger partial charge >= 0.3 is 0 Å². The fourth-order valence-corrected chi connectivity index (χ4v) is 3.26. The molecule has 0 spiro atoms. The van der Waals surface area contributed by atoms with Crippen LogP contribution in [0.3, 0.4) is 0 Å². The molecule has 0 saturated carbocycles. The third-order valence-corrected chi connectivity index (χ3v) is 4.47. The molecule has 0 radical (unpaired) electrons. The second kappa shape index (κ2) is 8.64. The molecule has 128 valence electrons. The van der Waals surface area contributed by atoms with E-state index in [1.54, 1.807) is 44.2 Å². The second-order valence-corrected chi connectivity index (χ2v) is 6.59. The van der Waals surface area contributed by atoms with Crippen LogP contribution < -0.4 is 14.8 Å². The van der Waals surface area contributed by atoms with Gasteiger partial charge in [0.05, 0.1) is 25.7 Å². The number of anilines is 1. The Balaban J connectivity index is 1.89. The summed E-state index contributed by atoms with van der Waals surface area (Å²) in [6.45, 7) is 4.17. The van der Waals surface area contributed by atoms with Gasteiger partial charge in [-0.3, -0.25) is 4.79 Å². The van der Waals surface area contributed by atoms with Gasteiger partial charge in [0.1, 0.15) is 11.5 Å². The number of nitrogens with one attached hydrogen (secondary N) is 1. The Morgan fingerprint density at radius 2 is 1.75 bits per heavy atom. The highest BCUT2D eigenvalue weighted by Gasteiger charge is 2.09. The van der Waals surface area contributed by atoms with Crippen molar-refractivity contribution in [1.29, 1.82) is 0 Å². The van der Waals surface area contributed by atoms with Crippen molar-refractivity contribution < 1.29 is 14.3 Å². The summed E-state index contributed by atoms with van der Waals surface area (Å²) in [6.07, 6.45) is 0. The monoisotopic (exact) mass is 345 g/mol. The van der Waals surface area contributed by atoms with Gasteiger partial charge in [0.25, 0.3) is 0 Å². The predicted octanol–water partition coefficient (Wildman–Crippen LogP) is 4.19. The van der Waals surface area contributed by atoms with Crippen LogP contribution >= 0.6 is 11.8 Å². The van der Waals surface area contributed by atoms with Gasteiger partial charge in [0, 0.05) is 11.8 Å². The fraction of sp³-hybridized carbons (Fsp3) is 0.316. The Hall–Kier alpha value is -2.14. The number of amides is 1. The van der Waals surface area contributed by atoms with Crippen LogP contribution in [0, 0.1) is 13.8 Å². The van der Waals surface area contributed by atoms with Gasteiger partial charge in [0.2, 0.25) is 5.91 Å². The first-order valence-corrected chi connectivity index (χ1v) is 8.84. The normalized spacial score (nSPS) is 10.3. The largest absolute Gasteiger partial charge is 0.497 e. The molecule has 0 bridgehead atoms. The molecular weight excluding hydrogens is 322 g/mol. The molecule has 1 amide bonds. The zero-order chi connectivity index (χ0) is 17.5. The molecule has 2 aromatic carbocycles. The Morgan fingerprint density at radius 3 is 2.38 bits per heavy atom. The van der Waals surface area contributed by atoms with Crippen LogP contribution in [-0.4, -0.2) is 25.9 Å². The van der Waals surface area contributed by atoms with Crippen LogP contribution in [0.4, 0.5) is 5.69 Å². The zero-order valence-electron chi connectivity index (χ0n) is 14.5. The first-order valence-electron chi connectivity index (χ1n) is 7.68. The third kappa shape index (κ3) is 5.20. The highest BCUT2D eigenvalue weighted by atomic mass is 32.2. The van der Waals surface area contributed by atoms with Crippen molar-refractivity contribution in [1.82, 2.24) is 0 Å². The van der Waals surface area contributed by atoms with Crippen LogP contribution in [0.15, 0.2) is 36.4 Å². The van der Waals surface area contributed by atoms with Crippen molar-refractivity contribution >= 4 is 23.4 Å². The molecule has 0 fully saturated rings. The average Bonchev–Trinajstić information content (AvgIpc) is 2.54. The maximum atomic E-state index is 12.1. The van der Waals surface area contributed by atoms with Gasteiger partial charge in [-0.2, -0.15) is 0 Å². The van der Waals surface area contributed by atoms with Crippen molar-refractivity contribution in [2.24, 2.45) is 0 Å². The number of aryl methyl sites for hydroxylation is 2. The molecule has 0 aromatic heterocycles. The lowest BCUT2D eigenvalue weighted by Crippen LogP contribution is -2.14. The van der Waals surface area contributed by atoms with Gasteiger partial charge in [-0.25, -0.2) is 0 Å². The van der Waals surface area contributed by atoms with Gasteiger partial charge in [0.15, 0.2) is 0 Å².